The van der Waals surface area contributed by atoms with Crippen molar-refractivity contribution in [2.75, 3.05) is 18.4 Å². The highest BCUT2D eigenvalue weighted by Gasteiger charge is 2.23. The second-order valence-corrected chi connectivity index (χ2v) is 7.50. The minimum Gasteiger partial charge on any atom is -0.316 e. The van der Waals surface area contributed by atoms with Crippen molar-refractivity contribution in [3.63, 3.8) is 0 Å². The summed E-state index contributed by atoms with van der Waals surface area (Å²) < 4.78 is 0. The number of aromatic nitrogens is 1. The maximum atomic E-state index is 12.1. The van der Waals surface area contributed by atoms with Gasteiger partial charge in [0.15, 0.2) is 5.13 Å². The first-order valence-corrected chi connectivity index (χ1v) is 8.32. The van der Waals surface area contributed by atoms with Gasteiger partial charge in [0.05, 0.1) is 16.5 Å². The van der Waals surface area contributed by atoms with Crippen molar-refractivity contribution in [2.24, 2.45) is 5.92 Å². The quantitative estimate of drug-likeness (QED) is 0.916. The number of nitrogens with zero attached hydrogens (tertiary/aromatic N) is 1. The summed E-state index contributed by atoms with van der Waals surface area (Å²) in [5, 5.41) is 6.87. The smallest absolute Gasteiger partial charge is 0.230 e. The van der Waals surface area contributed by atoms with Crippen LogP contribution in [0, 0.1) is 19.8 Å². The van der Waals surface area contributed by atoms with Crippen LogP contribution in [0.4, 0.5) is 5.13 Å². The Kier molecular flexibility index (Phi) is 3.87. The summed E-state index contributed by atoms with van der Waals surface area (Å²) in [4.78, 5) is 20.3. The zero-order valence-corrected chi connectivity index (χ0v) is 13.2. The number of thiazole rings is 1. The van der Waals surface area contributed by atoms with Crippen molar-refractivity contribution in [3.05, 3.63) is 21.9 Å². The van der Waals surface area contributed by atoms with Crippen LogP contribution in [0.1, 0.15) is 16.2 Å². The van der Waals surface area contributed by atoms with Crippen LogP contribution in [0.3, 0.4) is 0 Å². The van der Waals surface area contributed by atoms with Gasteiger partial charge in [0.1, 0.15) is 0 Å². The lowest BCUT2D eigenvalue weighted by atomic mass is 10.1. The number of aryl methyl sites for hydroxylation is 2. The van der Waals surface area contributed by atoms with Crippen LogP contribution < -0.4 is 10.6 Å². The first-order chi connectivity index (χ1) is 9.63. The molecule has 3 rings (SSSR count). The Morgan fingerprint density at radius 1 is 1.40 bits per heavy atom. The second-order valence-electron chi connectivity index (χ2n) is 5.01. The molecule has 0 aliphatic carbocycles. The zero-order chi connectivity index (χ0) is 14.1. The Morgan fingerprint density at radius 2 is 2.25 bits per heavy atom. The summed E-state index contributed by atoms with van der Waals surface area (Å²) >= 11 is 3.28. The van der Waals surface area contributed by atoms with Gasteiger partial charge in [-0.1, -0.05) is 0 Å². The first kappa shape index (κ1) is 13.7. The van der Waals surface area contributed by atoms with Gasteiger partial charge in [-0.2, -0.15) is 0 Å². The number of anilines is 1. The molecule has 1 saturated heterocycles. The minimum atomic E-state index is 0.0756. The number of carbonyl (C=O) groups excluding carboxylic acids is 1. The lowest BCUT2D eigenvalue weighted by molar-refractivity contribution is -0.119. The fourth-order valence-electron chi connectivity index (χ4n) is 2.33. The highest BCUT2D eigenvalue weighted by molar-refractivity contribution is 7.18. The van der Waals surface area contributed by atoms with Gasteiger partial charge in [0.25, 0.3) is 0 Å². The molecule has 0 spiro atoms. The average Bonchev–Trinajstić information content (AvgIpc) is 3.10. The van der Waals surface area contributed by atoms with Crippen molar-refractivity contribution in [1.29, 1.82) is 0 Å². The van der Waals surface area contributed by atoms with E-state index in [0.29, 0.717) is 5.13 Å². The Balaban J connectivity index is 1.76. The molecule has 0 bridgehead atoms. The average molecular weight is 307 g/mol. The van der Waals surface area contributed by atoms with Crippen molar-refractivity contribution >= 4 is 33.7 Å². The van der Waals surface area contributed by atoms with Gasteiger partial charge in [-0.25, -0.2) is 4.98 Å². The van der Waals surface area contributed by atoms with Crippen LogP contribution in [0.15, 0.2) is 12.1 Å². The second kappa shape index (κ2) is 5.63. The van der Waals surface area contributed by atoms with Gasteiger partial charge in [-0.05, 0) is 38.9 Å². The number of rotatable bonds is 3. The Bertz CT molecular complexity index is 626. The van der Waals surface area contributed by atoms with Crippen molar-refractivity contribution in [3.8, 4) is 10.6 Å². The number of hydrogen-bond donors (Lipinski definition) is 2. The number of hydrogen-bond acceptors (Lipinski definition) is 5. The van der Waals surface area contributed by atoms with E-state index in [2.05, 4.69) is 41.6 Å². The maximum Gasteiger partial charge on any atom is 0.230 e. The summed E-state index contributed by atoms with van der Waals surface area (Å²) in [5.41, 5.74) is 0.993. The largest absolute Gasteiger partial charge is 0.316 e. The topological polar surface area (TPSA) is 54.0 Å². The molecule has 106 valence electrons. The molecular formula is C14H17N3OS2. The first-order valence-electron chi connectivity index (χ1n) is 6.69. The molecule has 20 heavy (non-hydrogen) atoms. The summed E-state index contributed by atoms with van der Waals surface area (Å²) in [5.74, 6) is 0.157. The van der Waals surface area contributed by atoms with Crippen molar-refractivity contribution < 1.29 is 4.79 Å². The van der Waals surface area contributed by atoms with Gasteiger partial charge in [0.2, 0.25) is 5.91 Å². The van der Waals surface area contributed by atoms with Gasteiger partial charge in [-0.3, -0.25) is 4.79 Å². The van der Waals surface area contributed by atoms with E-state index in [9.17, 15) is 4.79 Å². The molecule has 2 aromatic rings. The summed E-state index contributed by atoms with van der Waals surface area (Å²) in [7, 11) is 0. The molecule has 4 nitrogen and oxygen atoms in total. The zero-order valence-electron chi connectivity index (χ0n) is 11.5. The summed E-state index contributed by atoms with van der Waals surface area (Å²) in [6.07, 6.45) is 0.910. The van der Waals surface area contributed by atoms with Crippen LogP contribution in [-0.2, 0) is 4.79 Å². The molecule has 0 saturated carbocycles. The third-order valence-corrected chi connectivity index (χ3v) is 5.33. The lowest BCUT2D eigenvalue weighted by Crippen LogP contribution is -2.24. The monoisotopic (exact) mass is 307 g/mol. The highest BCUT2D eigenvalue weighted by Crippen LogP contribution is 2.34. The van der Waals surface area contributed by atoms with E-state index in [4.69, 9.17) is 0 Å². The third kappa shape index (κ3) is 2.77. The molecule has 1 fully saturated rings. The molecule has 0 radical (unpaired) electrons. The molecule has 2 aromatic heterocycles. The van der Waals surface area contributed by atoms with Crippen molar-refractivity contribution in [2.45, 2.75) is 20.3 Å². The molecule has 6 heteroatoms. The fraction of sp³-hybridized carbons (Fsp3) is 0.429. The van der Waals surface area contributed by atoms with Gasteiger partial charge >= 0.3 is 0 Å². The van der Waals surface area contributed by atoms with Crippen LogP contribution in [0.5, 0.6) is 0 Å². The van der Waals surface area contributed by atoms with Crippen LogP contribution >= 0.6 is 22.7 Å². The summed E-state index contributed by atoms with van der Waals surface area (Å²) in [6.45, 7) is 5.84. The minimum absolute atomic E-state index is 0.0756. The number of thiophene rings is 1. The molecule has 1 atom stereocenters. The predicted molar refractivity (Wildman–Crippen MR) is 84.5 cm³/mol. The standard InChI is InChI=1S/C14H17N3OS2/c1-8-3-4-11(19-8)12-9(2)20-14(16-12)17-13(18)10-5-6-15-7-10/h3-4,10,15H,5-7H2,1-2H3,(H,16,17,18). The molecule has 0 aromatic carbocycles. The van der Waals surface area contributed by atoms with E-state index in [0.717, 1.165) is 30.1 Å². The van der Waals surface area contributed by atoms with Crippen LogP contribution in [-0.4, -0.2) is 24.0 Å². The maximum absolute atomic E-state index is 12.1. The van der Waals surface area contributed by atoms with Crippen molar-refractivity contribution in [1.82, 2.24) is 10.3 Å². The lowest BCUT2D eigenvalue weighted by Gasteiger charge is -2.06. The van der Waals surface area contributed by atoms with E-state index in [1.165, 1.54) is 9.75 Å². The molecular weight excluding hydrogens is 290 g/mol. The van der Waals surface area contributed by atoms with E-state index < -0.39 is 0 Å². The number of nitrogens with one attached hydrogen (secondary N) is 2. The Labute approximate surface area is 126 Å². The molecule has 1 aliphatic rings. The normalized spacial score (nSPS) is 18.4. The molecule has 1 amide bonds. The SMILES string of the molecule is Cc1ccc(-c2nc(NC(=O)C3CCNC3)sc2C)s1. The summed E-state index contributed by atoms with van der Waals surface area (Å²) in [6, 6.07) is 4.19. The number of amides is 1. The predicted octanol–water partition coefficient (Wildman–Crippen LogP) is 3.04. The Morgan fingerprint density at radius 3 is 2.90 bits per heavy atom. The molecule has 1 unspecified atom stereocenters. The van der Waals surface area contributed by atoms with Gasteiger partial charge in [0, 0.05) is 16.3 Å². The van der Waals surface area contributed by atoms with Crippen LogP contribution in [0.25, 0.3) is 10.6 Å². The third-order valence-electron chi connectivity index (χ3n) is 3.43. The van der Waals surface area contributed by atoms with E-state index in [-0.39, 0.29) is 11.8 Å². The van der Waals surface area contributed by atoms with Crippen LogP contribution in [0.2, 0.25) is 0 Å². The van der Waals surface area contributed by atoms with E-state index >= 15 is 0 Å². The molecule has 2 N–H and O–H groups in total. The molecule has 1 aliphatic heterocycles. The number of carbonyl (C=O) groups is 1. The van der Waals surface area contributed by atoms with E-state index in [1.54, 1.807) is 22.7 Å². The fourth-order valence-corrected chi connectivity index (χ4v) is 4.14. The Hall–Kier alpha value is -1.24. The molecule has 3 heterocycles. The van der Waals surface area contributed by atoms with Gasteiger partial charge in [-0.15, -0.1) is 22.7 Å². The van der Waals surface area contributed by atoms with E-state index in [1.807, 2.05) is 0 Å². The highest BCUT2D eigenvalue weighted by atomic mass is 32.1. The van der Waals surface area contributed by atoms with Gasteiger partial charge < -0.3 is 10.6 Å².